The average molecular weight is 513 g/mol. The Morgan fingerprint density at radius 3 is 2.42 bits per heavy atom. The zero-order valence-corrected chi connectivity index (χ0v) is 20.4. The number of carbonyl (C=O) groups is 1. The van der Waals surface area contributed by atoms with Crippen molar-refractivity contribution in [2.75, 3.05) is 6.54 Å². The van der Waals surface area contributed by atoms with Crippen LogP contribution in [0.25, 0.3) is 0 Å². The van der Waals surface area contributed by atoms with E-state index in [2.05, 4.69) is 10.0 Å². The third kappa shape index (κ3) is 6.17. The molecule has 4 rings (SSSR count). The Hall–Kier alpha value is -3.11. The molecule has 7 nitrogen and oxygen atoms in total. The van der Waals surface area contributed by atoms with Crippen LogP contribution in [0.5, 0.6) is 0 Å². The maximum Gasteiger partial charge on any atom is 0.243 e. The molecule has 36 heavy (non-hydrogen) atoms. The number of amides is 1. The molecule has 4 N–H and O–H groups in total. The van der Waals surface area contributed by atoms with Crippen molar-refractivity contribution in [2.45, 2.75) is 42.4 Å². The summed E-state index contributed by atoms with van der Waals surface area (Å²) in [5, 5.41) is 24.1. The third-order valence-corrected chi connectivity index (χ3v) is 7.85. The van der Waals surface area contributed by atoms with E-state index in [0.29, 0.717) is 12.8 Å². The van der Waals surface area contributed by atoms with Gasteiger partial charge in [0.2, 0.25) is 15.9 Å². The van der Waals surface area contributed by atoms with Gasteiger partial charge < -0.3 is 15.5 Å². The summed E-state index contributed by atoms with van der Waals surface area (Å²) in [4.78, 5) is 12.8. The first kappa shape index (κ1) is 26.0. The van der Waals surface area contributed by atoms with Gasteiger partial charge in [0.25, 0.3) is 0 Å². The van der Waals surface area contributed by atoms with E-state index < -0.39 is 44.9 Å². The van der Waals surface area contributed by atoms with E-state index in [-0.39, 0.29) is 18.9 Å². The number of sulfonamides is 1. The smallest absolute Gasteiger partial charge is 0.243 e. The summed E-state index contributed by atoms with van der Waals surface area (Å²) in [5.41, 5.74) is 2.71. The Morgan fingerprint density at radius 1 is 1.00 bits per heavy atom. The molecule has 0 fully saturated rings. The Balaban J connectivity index is 1.46. The van der Waals surface area contributed by atoms with Gasteiger partial charge in [0.1, 0.15) is 10.7 Å². The number of halogens is 1. The van der Waals surface area contributed by atoms with Crippen molar-refractivity contribution in [2.24, 2.45) is 5.92 Å². The first-order valence-corrected chi connectivity index (χ1v) is 13.3. The van der Waals surface area contributed by atoms with Gasteiger partial charge in [-0.2, -0.15) is 0 Å². The maximum atomic E-state index is 13.9. The van der Waals surface area contributed by atoms with Crippen LogP contribution in [0.1, 0.15) is 29.2 Å². The summed E-state index contributed by atoms with van der Waals surface area (Å²) in [6.07, 6.45) is -1.25. The van der Waals surface area contributed by atoms with Crippen LogP contribution < -0.4 is 10.0 Å². The molecule has 0 saturated heterocycles. The predicted octanol–water partition coefficient (Wildman–Crippen LogP) is 2.49. The summed E-state index contributed by atoms with van der Waals surface area (Å²) in [6.45, 7) is -0.385. The first-order valence-electron chi connectivity index (χ1n) is 11.8. The minimum Gasteiger partial charge on any atom is -0.392 e. The number of carbonyl (C=O) groups excluding carboxylic acids is 1. The van der Waals surface area contributed by atoms with Crippen LogP contribution in [0.3, 0.4) is 0 Å². The monoisotopic (exact) mass is 512 g/mol. The first-order chi connectivity index (χ1) is 17.2. The molecular formula is C27H29FN2O5S. The lowest BCUT2D eigenvalue weighted by atomic mass is 9.92. The molecule has 190 valence electrons. The van der Waals surface area contributed by atoms with Gasteiger partial charge in [-0.25, -0.2) is 17.5 Å². The number of nitrogens with one attached hydrogen (secondary N) is 2. The summed E-state index contributed by atoms with van der Waals surface area (Å²) < 4.78 is 41.1. The Bertz CT molecular complexity index is 1300. The number of aliphatic hydroxyl groups excluding tert-OH is 2. The average Bonchev–Trinajstić information content (AvgIpc) is 3.18. The quantitative estimate of drug-likeness (QED) is 0.333. The molecule has 1 aliphatic carbocycles. The second-order valence-electron chi connectivity index (χ2n) is 9.02. The van der Waals surface area contributed by atoms with E-state index in [4.69, 9.17) is 0 Å². The summed E-state index contributed by atoms with van der Waals surface area (Å²) in [5.74, 6) is -1.94. The van der Waals surface area contributed by atoms with Gasteiger partial charge in [-0.1, -0.05) is 66.7 Å². The highest BCUT2D eigenvalue weighted by Gasteiger charge is 2.34. The van der Waals surface area contributed by atoms with Gasteiger partial charge in [0.05, 0.1) is 18.2 Å². The largest absolute Gasteiger partial charge is 0.392 e. The van der Waals surface area contributed by atoms with E-state index in [1.165, 1.54) is 12.1 Å². The predicted molar refractivity (Wildman–Crippen MR) is 133 cm³/mol. The molecule has 0 aromatic heterocycles. The number of aliphatic hydroxyl groups is 2. The second kappa shape index (κ2) is 11.3. The molecule has 0 heterocycles. The summed E-state index contributed by atoms with van der Waals surface area (Å²) in [7, 11) is -4.18. The number of hydrogen-bond donors (Lipinski definition) is 4. The normalized spacial score (nSPS) is 18.9. The highest BCUT2D eigenvalue weighted by Crippen LogP contribution is 2.32. The molecule has 1 amide bonds. The molecular weight excluding hydrogens is 483 g/mol. The van der Waals surface area contributed by atoms with Crippen LogP contribution in [0.4, 0.5) is 4.39 Å². The fourth-order valence-corrected chi connectivity index (χ4v) is 5.71. The molecule has 0 bridgehead atoms. The zero-order chi connectivity index (χ0) is 25.7. The SMILES string of the molecule is O=C(N[C@H]1c2ccccc2C[C@H]1O)[C@H](Cc1ccccc1)C[C@H](O)CNS(=O)(=O)c1ccccc1F. The molecule has 0 saturated carbocycles. The lowest BCUT2D eigenvalue weighted by molar-refractivity contribution is -0.127. The molecule has 0 spiro atoms. The van der Waals surface area contributed by atoms with Crippen molar-refractivity contribution in [3.63, 3.8) is 0 Å². The maximum absolute atomic E-state index is 13.9. The molecule has 4 atom stereocenters. The molecule has 3 aromatic carbocycles. The minimum atomic E-state index is -4.18. The fourth-order valence-electron chi connectivity index (χ4n) is 4.56. The van der Waals surface area contributed by atoms with Gasteiger partial charge >= 0.3 is 0 Å². The summed E-state index contributed by atoms with van der Waals surface area (Å²) in [6, 6.07) is 21.2. The van der Waals surface area contributed by atoms with Gasteiger partial charge in [0.15, 0.2) is 0 Å². The van der Waals surface area contributed by atoms with Gasteiger partial charge in [-0.3, -0.25) is 4.79 Å². The number of hydrogen-bond acceptors (Lipinski definition) is 5. The lowest BCUT2D eigenvalue weighted by Gasteiger charge is -2.24. The Labute approximate surface area is 210 Å². The van der Waals surface area contributed by atoms with Crippen molar-refractivity contribution in [3.8, 4) is 0 Å². The van der Waals surface area contributed by atoms with Crippen molar-refractivity contribution in [1.29, 1.82) is 0 Å². The topological polar surface area (TPSA) is 116 Å². The molecule has 0 radical (unpaired) electrons. The zero-order valence-electron chi connectivity index (χ0n) is 19.5. The van der Waals surface area contributed by atoms with E-state index in [1.807, 2.05) is 54.6 Å². The van der Waals surface area contributed by atoms with Crippen LogP contribution in [0.2, 0.25) is 0 Å². The van der Waals surface area contributed by atoms with Crippen molar-refractivity contribution < 1.29 is 27.8 Å². The number of fused-ring (bicyclic) bond motifs is 1. The molecule has 1 aliphatic rings. The van der Waals surface area contributed by atoms with Crippen molar-refractivity contribution in [1.82, 2.24) is 10.0 Å². The van der Waals surface area contributed by atoms with E-state index in [9.17, 15) is 27.8 Å². The Morgan fingerprint density at radius 2 is 1.67 bits per heavy atom. The highest BCUT2D eigenvalue weighted by molar-refractivity contribution is 7.89. The van der Waals surface area contributed by atoms with Crippen molar-refractivity contribution >= 4 is 15.9 Å². The van der Waals surface area contributed by atoms with E-state index in [1.54, 1.807) is 0 Å². The number of benzene rings is 3. The van der Waals surface area contributed by atoms with Crippen LogP contribution in [-0.2, 0) is 27.7 Å². The fraction of sp³-hybridized carbons (Fsp3) is 0.296. The Kier molecular flexibility index (Phi) is 8.15. The minimum absolute atomic E-state index is 0.0367. The van der Waals surface area contributed by atoms with Crippen LogP contribution in [0.15, 0.2) is 83.8 Å². The lowest BCUT2D eigenvalue weighted by Crippen LogP contribution is -2.41. The van der Waals surface area contributed by atoms with E-state index in [0.717, 1.165) is 28.8 Å². The van der Waals surface area contributed by atoms with Crippen LogP contribution in [0, 0.1) is 11.7 Å². The van der Waals surface area contributed by atoms with Gasteiger partial charge in [-0.05, 0) is 41.7 Å². The molecule has 0 unspecified atom stereocenters. The standard InChI is InChI=1S/C27H29FN2O5S/c28-23-12-6-7-13-25(23)36(34,35)29-17-21(31)15-20(14-18-8-2-1-3-9-18)27(33)30-26-22-11-5-4-10-19(22)16-24(26)32/h1-13,20-21,24,26,29,31-32H,14-17H2,(H,30,33)/t20-,21+,24-,26+/m1/s1. The molecule has 3 aromatic rings. The number of rotatable bonds is 10. The second-order valence-corrected chi connectivity index (χ2v) is 10.8. The summed E-state index contributed by atoms with van der Waals surface area (Å²) >= 11 is 0. The molecule has 0 aliphatic heterocycles. The van der Waals surface area contributed by atoms with Crippen LogP contribution >= 0.6 is 0 Å². The van der Waals surface area contributed by atoms with Crippen LogP contribution in [-0.4, -0.2) is 43.3 Å². The van der Waals surface area contributed by atoms with E-state index >= 15 is 0 Å². The van der Waals surface area contributed by atoms with Crippen molar-refractivity contribution in [3.05, 3.63) is 101 Å². The van der Waals surface area contributed by atoms with Gasteiger partial charge in [0, 0.05) is 18.9 Å². The third-order valence-electron chi connectivity index (χ3n) is 6.39. The molecule has 9 heteroatoms. The van der Waals surface area contributed by atoms with Gasteiger partial charge in [-0.15, -0.1) is 0 Å². The highest BCUT2D eigenvalue weighted by atomic mass is 32.2.